The molecule has 32 unspecified atom stereocenters. The minimum Gasteiger partial charge on any atom is -0.391 e. The molecule has 0 aromatic heterocycles. The lowest BCUT2D eigenvalue weighted by Gasteiger charge is -2.39. The lowest BCUT2D eigenvalue weighted by atomic mass is 10.0. The van der Waals surface area contributed by atoms with Crippen molar-refractivity contribution in [2.45, 2.75) is 357 Å². The first-order valence-electron chi connectivity index (χ1n) is 39.6. The van der Waals surface area contributed by atoms with Crippen molar-refractivity contribution >= 4 is 0 Å². The fourth-order valence-corrected chi connectivity index (χ4v) is 14.6. The number of ether oxygens (including phenoxy) is 22. The zero-order valence-corrected chi connectivity index (χ0v) is 70.5. The van der Waals surface area contributed by atoms with Crippen molar-refractivity contribution in [3.63, 3.8) is 0 Å². The van der Waals surface area contributed by atoms with E-state index in [1.54, 1.807) is 125 Å². The average molecular weight is 1730 g/mol. The molecule has 8 saturated heterocycles. The van der Waals surface area contributed by atoms with Crippen molar-refractivity contribution in [1.29, 1.82) is 0 Å². The number of aliphatic hydroxyl groups excluding tert-OH is 21. The third-order valence-electron chi connectivity index (χ3n) is 20.8. The molecular weight excluding hydrogens is 1590 g/mol. The summed E-state index contributed by atoms with van der Waals surface area (Å²) in [6.07, 6.45) is -46.0. The standard InChI is InChI=1S/C75H136O43/c1-62(2,3)99-21-38-46(81)54(89)68(29-76,109-38)103-25-44-52(87)60(95)74(115-44,105-27-42-48(83)56(91)70(31-78,111-42)117-66(13,14)15)35-107-72(58(93)50(85)40(113-72)23-101-64(7,8)9)33-97-19-37(80)20-98-34-73(59(94)51(86)41(114-73)24-102-65(10,11)12)108-36-75(106-28-43-49(84)57(92)71(32-79,112-43)118-67(16,17)18)61(96)53(88)45(116-75)26-104-69(30-77)55(90)47(82)39(110-69)22-100-63(4,5)6/h37-61,76-96H,19-36H2,1-18H3. The van der Waals surface area contributed by atoms with Gasteiger partial charge in [0.05, 0.1) is 99.7 Å². The second-order valence-electron chi connectivity index (χ2n) is 37.5. The van der Waals surface area contributed by atoms with E-state index < -0.39 is 338 Å². The van der Waals surface area contributed by atoms with Crippen molar-refractivity contribution < 1.29 is 211 Å². The molecule has 0 bridgehead atoms. The van der Waals surface area contributed by atoms with Crippen LogP contribution in [0.5, 0.6) is 0 Å². The van der Waals surface area contributed by atoms with E-state index in [9.17, 15) is 107 Å². The summed E-state index contributed by atoms with van der Waals surface area (Å²) in [7, 11) is 0. The Morgan fingerprint density at radius 1 is 0.237 bits per heavy atom. The zero-order chi connectivity index (χ0) is 88.7. The predicted octanol–water partition coefficient (Wildman–Crippen LogP) is -8.12. The van der Waals surface area contributed by atoms with E-state index in [0.29, 0.717) is 0 Å². The molecule has 0 aromatic rings. The van der Waals surface area contributed by atoms with E-state index >= 15 is 0 Å². The molecular formula is C75H136O43. The Balaban J connectivity index is 1.06. The predicted molar refractivity (Wildman–Crippen MR) is 393 cm³/mol. The Morgan fingerprint density at radius 2 is 0.415 bits per heavy atom. The van der Waals surface area contributed by atoms with Gasteiger partial charge in [-0.1, -0.05) is 0 Å². The molecule has 0 spiro atoms. The lowest BCUT2D eigenvalue weighted by Crippen LogP contribution is -2.57. The van der Waals surface area contributed by atoms with Crippen LogP contribution in [0.15, 0.2) is 0 Å². The van der Waals surface area contributed by atoms with Crippen LogP contribution in [0.3, 0.4) is 0 Å². The normalized spacial score (nSPS) is 43.8. The average Bonchev–Trinajstić information content (AvgIpc) is 1.57. The zero-order valence-electron chi connectivity index (χ0n) is 70.5. The Hall–Kier alpha value is -1.72. The second kappa shape index (κ2) is 38.7. The molecule has 43 heteroatoms. The van der Waals surface area contributed by atoms with E-state index in [-0.39, 0.29) is 13.2 Å². The molecule has 118 heavy (non-hydrogen) atoms. The quantitative estimate of drug-likeness (QED) is 0.0271. The maximum absolute atomic E-state index is 12.2. The van der Waals surface area contributed by atoms with Crippen LogP contribution in [-0.4, -0.2) is 459 Å². The summed E-state index contributed by atoms with van der Waals surface area (Å²) >= 11 is 0. The largest absolute Gasteiger partial charge is 0.391 e. The summed E-state index contributed by atoms with van der Waals surface area (Å²) in [4.78, 5) is 0. The van der Waals surface area contributed by atoms with E-state index in [2.05, 4.69) is 0 Å². The molecule has 694 valence electrons. The molecule has 8 aliphatic rings. The summed E-state index contributed by atoms with van der Waals surface area (Å²) in [6, 6.07) is 0. The van der Waals surface area contributed by atoms with Gasteiger partial charge in [0.15, 0.2) is 0 Å². The van der Waals surface area contributed by atoms with Gasteiger partial charge in [-0.05, 0) is 125 Å². The highest BCUT2D eigenvalue weighted by molar-refractivity contribution is 5.08. The highest BCUT2D eigenvalue weighted by Gasteiger charge is 2.68. The smallest absolute Gasteiger partial charge is 0.222 e. The molecule has 0 radical (unpaired) electrons. The van der Waals surface area contributed by atoms with Crippen LogP contribution < -0.4 is 0 Å². The third-order valence-corrected chi connectivity index (χ3v) is 20.8. The van der Waals surface area contributed by atoms with Crippen LogP contribution in [0.4, 0.5) is 0 Å². The summed E-state index contributed by atoms with van der Waals surface area (Å²) in [5.41, 5.74) is -5.52. The molecule has 8 aliphatic heterocycles. The maximum Gasteiger partial charge on any atom is 0.222 e. The molecule has 21 N–H and O–H groups in total. The van der Waals surface area contributed by atoms with Gasteiger partial charge >= 0.3 is 0 Å². The Kier molecular flexibility index (Phi) is 33.3. The third kappa shape index (κ3) is 23.4. The maximum atomic E-state index is 12.2. The van der Waals surface area contributed by atoms with Crippen molar-refractivity contribution in [2.75, 3.05) is 119 Å². The number of hydrogen-bond acceptors (Lipinski definition) is 43. The molecule has 32 atom stereocenters. The van der Waals surface area contributed by atoms with Crippen LogP contribution in [0.1, 0.15) is 125 Å². The molecule has 0 aliphatic carbocycles. The van der Waals surface area contributed by atoms with Gasteiger partial charge in [-0.2, -0.15) is 0 Å². The van der Waals surface area contributed by atoms with E-state index in [0.717, 1.165) is 0 Å². The van der Waals surface area contributed by atoms with E-state index in [1.807, 2.05) is 0 Å². The lowest BCUT2D eigenvalue weighted by molar-refractivity contribution is -0.354. The minimum atomic E-state index is -2.77. The van der Waals surface area contributed by atoms with Gasteiger partial charge in [-0.3, -0.25) is 0 Å². The molecule has 0 aromatic carbocycles. The minimum absolute atomic E-state index is 0.293. The molecule has 43 nitrogen and oxygen atoms in total. The van der Waals surface area contributed by atoms with Gasteiger partial charge in [-0.25, -0.2) is 0 Å². The van der Waals surface area contributed by atoms with Gasteiger partial charge in [-0.15, -0.1) is 0 Å². The molecule has 8 heterocycles. The van der Waals surface area contributed by atoms with Crippen LogP contribution >= 0.6 is 0 Å². The fraction of sp³-hybridized carbons (Fsp3) is 1.00. The number of rotatable bonds is 40. The van der Waals surface area contributed by atoms with Gasteiger partial charge < -0.3 is 211 Å². The van der Waals surface area contributed by atoms with E-state index in [1.165, 1.54) is 0 Å². The van der Waals surface area contributed by atoms with Gasteiger partial charge in [0, 0.05) is 0 Å². The SMILES string of the molecule is CC(C)(C)OCC1OC(CO)(OCC2OC(COC3(COCC(O)COCC4(OCC5(OCC6OC(CO)(OC(C)(C)C)C(O)C6O)OC(COC6(CO)OC(COC(C)(C)C)C(O)C6O)C(O)C5O)OC(COC(C)(C)C)C(O)C4O)OC(COC(C)(C)C)C(O)C3O)(OCC3OC(CO)(OC(C)(C)C)C(O)C3O)C(O)C2O)C(O)C1O. The molecule has 8 fully saturated rings. The second-order valence-corrected chi connectivity index (χ2v) is 37.5. The van der Waals surface area contributed by atoms with E-state index in [4.69, 9.17) is 104 Å². The fourth-order valence-electron chi connectivity index (χ4n) is 14.6. The van der Waals surface area contributed by atoms with Crippen molar-refractivity contribution in [3.8, 4) is 0 Å². The van der Waals surface area contributed by atoms with Gasteiger partial charge in [0.2, 0.25) is 46.3 Å². The summed E-state index contributed by atoms with van der Waals surface area (Å²) in [6.45, 7) is 14.6. The highest BCUT2D eigenvalue weighted by atomic mass is 16.8. The first kappa shape index (κ1) is 102. The molecule has 0 amide bonds. The summed E-state index contributed by atoms with van der Waals surface area (Å²) < 4.78 is 133. The Labute approximate surface area is 685 Å². The topological polar surface area (TPSA) is 628 Å². The van der Waals surface area contributed by atoms with Gasteiger partial charge in [0.25, 0.3) is 0 Å². The number of hydrogen-bond donors (Lipinski definition) is 21. The summed E-state index contributed by atoms with van der Waals surface area (Å²) in [5, 5.41) is 241. The van der Waals surface area contributed by atoms with Gasteiger partial charge in [0.1, 0.15) is 205 Å². The Morgan fingerprint density at radius 3 is 0.627 bits per heavy atom. The number of aliphatic hydroxyl groups is 21. The summed E-state index contributed by atoms with van der Waals surface area (Å²) in [5.74, 6) is -20.2. The van der Waals surface area contributed by atoms with Crippen LogP contribution in [-0.2, 0) is 104 Å². The van der Waals surface area contributed by atoms with Crippen LogP contribution in [0.2, 0.25) is 0 Å². The molecule has 0 saturated carbocycles. The van der Waals surface area contributed by atoms with Crippen molar-refractivity contribution in [2.24, 2.45) is 0 Å². The van der Waals surface area contributed by atoms with Crippen molar-refractivity contribution in [1.82, 2.24) is 0 Å². The van der Waals surface area contributed by atoms with Crippen molar-refractivity contribution in [3.05, 3.63) is 0 Å². The molecule has 8 rings (SSSR count). The van der Waals surface area contributed by atoms with Crippen LogP contribution in [0.25, 0.3) is 0 Å². The monoisotopic (exact) mass is 1720 g/mol. The highest BCUT2D eigenvalue weighted by Crippen LogP contribution is 2.47. The van der Waals surface area contributed by atoms with Crippen LogP contribution in [0, 0.1) is 0 Å². The first-order valence-corrected chi connectivity index (χ1v) is 39.6. The Bertz CT molecular complexity index is 2900. The first-order chi connectivity index (χ1) is 54.2.